The zero-order valence-electron chi connectivity index (χ0n) is 9.94. The second-order valence-corrected chi connectivity index (χ2v) is 4.16. The van der Waals surface area contributed by atoms with Crippen LogP contribution in [0.3, 0.4) is 0 Å². The third-order valence-electron chi connectivity index (χ3n) is 3.10. The van der Waals surface area contributed by atoms with E-state index >= 15 is 0 Å². The summed E-state index contributed by atoms with van der Waals surface area (Å²) in [6.07, 6.45) is 2.45. The summed E-state index contributed by atoms with van der Waals surface area (Å²) in [6.45, 7) is 2.16. The van der Waals surface area contributed by atoms with Crippen molar-refractivity contribution in [3.8, 4) is 0 Å². The van der Waals surface area contributed by atoms with Crippen LogP contribution in [0.1, 0.15) is 34.7 Å². The molecule has 0 aromatic heterocycles. The first-order valence-corrected chi connectivity index (χ1v) is 5.70. The smallest absolute Gasteiger partial charge is 0.337 e. The lowest BCUT2D eigenvalue weighted by atomic mass is 9.91. The average Bonchev–Trinajstić information content (AvgIpc) is 2.39. The van der Waals surface area contributed by atoms with Crippen LogP contribution in [-0.2, 0) is 4.74 Å². The van der Waals surface area contributed by atoms with Crippen LogP contribution in [0.2, 0.25) is 0 Å². The molecule has 1 atom stereocenters. The van der Waals surface area contributed by atoms with E-state index < -0.39 is 0 Å². The van der Waals surface area contributed by atoms with Gasteiger partial charge in [-0.3, -0.25) is 0 Å². The van der Waals surface area contributed by atoms with E-state index in [1.165, 1.54) is 25.5 Å². The Morgan fingerprint density at radius 3 is 2.59 bits per heavy atom. The molecule has 1 N–H and O–H groups in total. The number of ether oxygens (including phenoxy) is 1. The number of halogens is 1. The largest absolute Gasteiger partial charge is 0.465 e. The van der Waals surface area contributed by atoms with Gasteiger partial charge in [-0.05, 0) is 43.0 Å². The van der Waals surface area contributed by atoms with Gasteiger partial charge in [-0.15, -0.1) is 12.4 Å². The lowest BCUT2D eigenvalue weighted by Gasteiger charge is -2.23. The topological polar surface area (TPSA) is 38.3 Å². The molecular weight excluding hydrogens is 238 g/mol. The van der Waals surface area contributed by atoms with Crippen molar-refractivity contribution in [3.05, 3.63) is 35.4 Å². The van der Waals surface area contributed by atoms with E-state index in [0.29, 0.717) is 11.5 Å². The Morgan fingerprint density at radius 2 is 2.06 bits per heavy atom. The molecule has 17 heavy (non-hydrogen) atoms. The van der Waals surface area contributed by atoms with E-state index in [2.05, 4.69) is 10.1 Å². The Kier molecular flexibility index (Phi) is 5.45. The molecule has 0 saturated carbocycles. The van der Waals surface area contributed by atoms with Crippen LogP contribution in [-0.4, -0.2) is 26.2 Å². The molecule has 1 heterocycles. The maximum absolute atomic E-state index is 11.3. The van der Waals surface area contributed by atoms with Crippen LogP contribution in [0.4, 0.5) is 0 Å². The molecule has 1 aromatic carbocycles. The molecule has 3 nitrogen and oxygen atoms in total. The van der Waals surface area contributed by atoms with Crippen molar-refractivity contribution in [2.75, 3.05) is 20.2 Å². The fourth-order valence-electron chi connectivity index (χ4n) is 2.15. The predicted octanol–water partition coefficient (Wildman–Crippen LogP) is 2.36. The molecule has 0 radical (unpaired) electrons. The SMILES string of the molecule is COC(=O)c1ccc([C@H]2CCCNC2)cc1.Cl. The number of carbonyl (C=O) groups is 1. The monoisotopic (exact) mass is 255 g/mol. The van der Waals surface area contributed by atoms with Gasteiger partial charge in [0.2, 0.25) is 0 Å². The van der Waals surface area contributed by atoms with Crippen LogP contribution >= 0.6 is 12.4 Å². The second-order valence-electron chi connectivity index (χ2n) is 4.16. The summed E-state index contributed by atoms with van der Waals surface area (Å²) in [5, 5.41) is 3.39. The lowest BCUT2D eigenvalue weighted by molar-refractivity contribution is 0.0600. The quantitative estimate of drug-likeness (QED) is 0.825. The number of carbonyl (C=O) groups excluding carboxylic acids is 1. The Hall–Kier alpha value is -1.06. The Labute approximate surface area is 108 Å². The molecular formula is C13H18ClNO2. The molecule has 1 aliphatic heterocycles. The van der Waals surface area contributed by atoms with Crippen LogP contribution in [0.15, 0.2) is 24.3 Å². The molecule has 2 rings (SSSR count). The highest BCUT2D eigenvalue weighted by atomic mass is 35.5. The summed E-state index contributed by atoms with van der Waals surface area (Å²) in [7, 11) is 1.40. The number of nitrogens with one attached hydrogen (secondary N) is 1. The Morgan fingerprint density at radius 1 is 1.35 bits per heavy atom. The van der Waals surface area contributed by atoms with Crippen molar-refractivity contribution in [1.29, 1.82) is 0 Å². The van der Waals surface area contributed by atoms with E-state index in [-0.39, 0.29) is 18.4 Å². The van der Waals surface area contributed by atoms with Gasteiger partial charge in [-0.2, -0.15) is 0 Å². The number of hydrogen-bond donors (Lipinski definition) is 1. The first-order valence-electron chi connectivity index (χ1n) is 5.70. The maximum atomic E-state index is 11.3. The first-order chi connectivity index (χ1) is 7.81. The number of rotatable bonds is 2. The van der Waals surface area contributed by atoms with Crippen LogP contribution in [0.5, 0.6) is 0 Å². The van der Waals surface area contributed by atoms with Crippen LogP contribution < -0.4 is 5.32 Å². The van der Waals surface area contributed by atoms with E-state index in [9.17, 15) is 4.79 Å². The van der Waals surface area contributed by atoms with Gasteiger partial charge in [-0.1, -0.05) is 12.1 Å². The van der Waals surface area contributed by atoms with Crippen molar-refractivity contribution in [1.82, 2.24) is 5.32 Å². The molecule has 0 amide bonds. The van der Waals surface area contributed by atoms with Gasteiger partial charge < -0.3 is 10.1 Å². The zero-order chi connectivity index (χ0) is 11.4. The highest BCUT2D eigenvalue weighted by molar-refractivity contribution is 5.89. The van der Waals surface area contributed by atoms with Gasteiger partial charge in [-0.25, -0.2) is 4.79 Å². The molecule has 0 aliphatic carbocycles. The number of hydrogen-bond acceptors (Lipinski definition) is 3. The number of benzene rings is 1. The predicted molar refractivity (Wildman–Crippen MR) is 69.9 cm³/mol. The van der Waals surface area contributed by atoms with E-state index in [0.717, 1.165) is 13.1 Å². The van der Waals surface area contributed by atoms with Crippen molar-refractivity contribution in [2.45, 2.75) is 18.8 Å². The molecule has 1 fully saturated rings. The summed E-state index contributed by atoms with van der Waals surface area (Å²) >= 11 is 0. The fraction of sp³-hybridized carbons (Fsp3) is 0.462. The first kappa shape index (κ1) is 14.0. The molecule has 1 aliphatic rings. The summed E-state index contributed by atoms with van der Waals surface area (Å²) < 4.78 is 4.67. The molecule has 0 unspecified atom stereocenters. The third kappa shape index (κ3) is 3.45. The maximum Gasteiger partial charge on any atom is 0.337 e. The van der Waals surface area contributed by atoms with Gasteiger partial charge in [0.1, 0.15) is 0 Å². The van der Waals surface area contributed by atoms with Crippen molar-refractivity contribution in [3.63, 3.8) is 0 Å². The number of esters is 1. The minimum Gasteiger partial charge on any atom is -0.465 e. The Bertz CT molecular complexity index is 358. The highest BCUT2D eigenvalue weighted by Gasteiger charge is 2.15. The highest BCUT2D eigenvalue weighted by Crippen LogP contribution is 2.23. The minimum absolute atomic E-state index is 0. The van der Waals surface area contributed by atoms with Crippen LogP contribution in [0, 0.1) is 0 Å². The fourth-order valence-corrected chi connectivity index (χ4v) is 2.15. The summed E-state index contributed by atoms with van der Waals surface area (Å²) in [5.74, 6) is 0.314. The number of methoxy groups -OCH3 is 1. The normalized spacial score (nSPS) is 19.2. The molecule has 1 aromatic rings. The van der Waals surface area contributed by atoms with Gasteiger partial charge in [0.15, 0.2) is 0 Å². The van der Waals surface area contributed by atoms with Crippen molar-refractivity contribution < 1.29 is 9.53 Å². The third-order valence-corrected chi connectivity index (χ3v) is 3.10. The zero-order valence-corrected chi connectivity index (χ0v) is 10.8. The van der Waals surface area contributed by atoms with E-state index in [1.807, 2.05) is 24.3 Å². The molecule has 94 valence electrons. The van der Waals surface area contributed by atoms with Gasteiger partial charge in [0.25, 0.3) is 0 Å². The summed E-state index contributed by atoms with van der Waals surface area (Å²) in [6, 6.07) is 7.75. The molecule has 4 heteroatoms. The lowest BCUT2D eigenvalue weighted by Crippen LogP contribution is -2.28. The van der Waals surface area contributed by atoms with Gasteiger partial charge in [0, 0.05) is 6.54 Å². The van der Waals surface area contributed by atoms with Gasteiger partial charge in [0.05, 0.1) is 12.7 Å². The summed E-state index contributed by atoms with van der Waals surface area (Å²) in [5.41, 5.74) is 1.93. The van der Waals surface area contributed by atoms with Crippen molar-refractivity contribution in [2.24, 2.45) is 0 Å². The standard InChI is InChI=1S/C13H17NO2.ClH/c1-16-13(15)11-6-4-10(5-7-11)12-3-2-8-14-9-12;/h4-7,12,14H,2-3,8-9H2,1H3;1H/t12-;/m0./s1. The van der Waals surface area contributed by atoms with E-state index in [4.69, 9.17) is 0 Å². The molecule has 0 bridgehead atoms. The molecule has 1 saturated heterocycles. The number of piperidine rings is 1. The average molecular weight is 256 g/mol. The summed E-state index contributed by atoms with van der Waals surface area (Å²) in [4.78, 5) is 11.3. The Balaban J connectivity index is 0.00000144. The second kappa shape index (κ2) is 6.62. The molecule has 0 spiro atoms. The minimum atomic E-state index is -0.270. The van der Waals surface area contributed by atoms with Gasteiger partial charge >= 0.3 is 5.97 Å². The van der Waals surface area contributed by atoms with E-state index in [1.54, 1.807) is 0 Å². The van der Waals surface area contributed by atoms with Crippen LogP contribution in [0.25, 0.3) is 0 Å². The van der Waals surface area contributed by atoms with Crippen molar-refractivity contribution >= 4 is 18.4 Å².